The van der Waals surface area contributed by atoms with Crippen molar-refractivity contribution in [3.05, 3.63) is 52.8 Å². The number of halogens is 1. The topological polar surface area (TPSA) is 65.5 Å². The molecule has 1 aliphatic rings. The van der Waals surface area contributed by atoms with Crippen molar-refractivity contribution in [2.75, 3.05) is 38.1 Å². The third-order valence-electron chi connectivity index (χ3n) is 4.21. The van der Waals surface area contributed by atoms with Crippen LogP contribution in [-0.2, 0) is 16.6 Å². The summed E-state index contributed by atoms with van der Waals surface area (Å²) in [5.41, 5.74) is 1.64. The summed E-state index contributed by atoms with van der Waals surface area (Å²) in [6.07, 6.45) is 3.09. The average molecular weight is 425 g/mol. The molecule has 0 radical (unpaired) electrons. The van der Waals surface area contributed by atoms with Crippen LogP contribution in [-0.4, -0.2) is 50.9 Å². The molecule has 8 heteroatoms. The first-order chi connectivity index (χ1) is 12.0. The Bertz CT molecular complexity index is 824. The largest absolute Gasteiger partial charge is 0.367 e. The summed E-state index contributed by atoms with van der Waals surface area (Å²) in [5.74, 6) is 0. The molecule has 6 nitrogen and oxygen atoms in total. The zero-order valence-corrected chi connectivity index (χ0v) is 16.4. The van der Waals surface area contributed by atoms with E-state index in [2.05, 4.69) is 31.1 Å². The fourth-order valence-corrected chi connectivity index (χ4v) is 4.93. The van der Waals surface area contributed by atoms with Gasteiger partial charge in [0.2, 0.25) is 10.0 Å². The fraction of sp³-hybridized carbons (Fsp3) is 0.353. The number of hydrogen-bond donors (Lipinski definition) is 1. The predicted molar refractivity (Wildman–Crippen MR) is 102 cm³/mol. The minimum absolute atomic E-state index is 0.238. The van der Waals surface area contributed by atoms with Crippen molar-refractivity contribution in [2.45, 2.75) is 11.4 Å². The Morgan fingerprint density at radius 3 is 2.56 bits per heavy atom. The molecule has 2 heterocycles. The summed E-state index contributed by atoms with van der Waals surface area (Å²) in [7, 11) is -2.06. The van der Waals surface area contributed by atoms with E-state index in [9.17, 15) is 8.42 Å². The second kappa shape index (κ2) is 7.82. The van der Waals surface area contributed by atoms with Crippen molar-refractivity contribution in [3.63, 3.8) is 0 Å². The highest BCUT2D eigenvalue weighted by Crippen LogP contribution is 2.34. The number of pyridine rings is 1. The van der Waals surface area contributed by atoms with Gasteiger partial charge in [-0.05, 0) is 21.5 Å². The summed E-state index contributed by atoms with van der Waals surface area (Å²) < 4.78 is 28.4. The fourth-order valence-electron chi connectivity index (χ4n) is 2.89. The summed E-state index contributed by atoms with van der Waals surface area (Å²) >= 11 is 3.48. The Morgan fingerprint density at radius 1 is 1.20 bits per heavy atom. The lowest BCUT2D eigenvalue weighted by atomic mass is 10.2. The third-order valence-corrected chi connectivity index (χ3v) is 6.59. The minimum atomic E-state index is -3.66. The molecule has 0 unspecified atom stereocenters. The van der Waals surface area contributed by atoms with Crippen LogP contribution in [0.3, 0.4) is 0 Å². The lowest BCUT2D eigenvalue weighted by Gasteiger charge is -2.32. The molecule has 0 amide bonds. The number of aromatic nitrogens is 1. The number of sulfonamides is 1. The van der Waals surface area contributed by atoms with Gasteiger partial charge in [-0.25, -0.2) is 8.42 Å². The highest BCUT2D eigenvalue weighted by atomic mass is 79.9. The number of rotatable bonds is 5. The van der Waals surface area contributed by atoms with Crippen LogP contribution in [0.25, 0.3) is 0 Å². The Balaban J connectivity index is 1.95. The Kier molecular flexibility index (Phi) is 5.73. The summed E-state index contributed by atoms with van der Waals surface area (Å²) in [6.45, 7) is 3.49. The van der Waals surface area contributed by atoms with Crippen molar-refractivity contribution in [1.29, 1.82) is 0 Å². The lowest BCUT2D eigenvalue weighted by Crippen LogP contribution is -2.44. The van der Waals surface area contributed by atoms with E-state index in [0.717, 1.165) is 31.7 Å². The molecule has 1 aromatic heterocycles. The maximum absolute atomic E-state index is 13.2. The molecule has 3 rings (SSSR count). The number of hydrogen-bond acceptors (Lipinski definition) is 5. The van der Waals surface area contributed by atoms with Gasteiger partial charge in [-0.1, -0.05) is 30.3 Å². The number of piperazine rings is 1. The molecule has 0 saturated carbocycles. The maximum atomic E-state index is 13.2. The van der Waals surface area contributed by atoms with E-state index in [-0.39, 0.29) is 4.90 Å². The first-order valence-electron chi connectivity index (χ1n) is 8.09. The molecule has 1 aliphatic heterocycles. The second-order valence-corrected chi connectivity index (χ2v) is 8.82. The van der Waals surface area contributed by atoms with Crippen LogP contribution in [0, 0.1) is 0 Å². The van der Waals surface area contributed by atoms with Gasteiger partial charge in [0.05, 0.1) is 10.2 Å². The summed E-state index contributed by atoms with van der Waals surface area (Å²) in [6, 6.07) is 9.56. The van der Waals surface area contributed by atoms with Gasteiger partial charge in [0, 0.05) is 52.2 Å². The SMILES string of the molecule is CN(Cc1ccccc1)S(=O)(=O)c1cncc(Br)c1N1CCNCC1. The number of nitrogens with one attached hydrogen (secondary N) is 1. The summed E-state index contributed by atoms with van der Waals surface area (Å²) in [5, 5.41) is 3.29. The van der Waals surface area contributed by atoms with Crippen LogP contribution >= 0.6 is 15.9 Å². The van der Waals surface area contributed by atoms with Crippen LogP contribution in [0.1, 0.15) is 5.56 Å². The van der Waals surface area contributed by atoms with Gasteiger partial charge in [-0.15, -0.1) is 0 Å². The van der Waals surface area contributed by atoms with E-state index in [1.807, 2.05) is 30.3 Å². The molecule has 1 saturated heterocycles. The average Bonchev–Trinajstić information content (AvgIpc) is 2.63. The van der Waals surface area contributed by atoms with Crippen LogP contribution in [0.4, 0.5) is 5.69 Å². The Hall–Kier alpha value is -1.48. The van der Waals surface area contributed by atoms with Crippen molar-refractivity contribution in [2.24, 2.45) is 0 Å². The Labute approximate surface area is 157 Å². The van der Waals surface area contributed by atoms with E-state index >= 15 is 0 Å². The number of benzene rings is 1. The lowest BCUT2D eigenvalue weighted by molar-refractivity contribution is 0.466. The molecule has 134 valence electrons. The van der Waals surface area contributed by atoms with E-state index in [1.165, 1.54) is 10.5 Å². The second-order valence-electron chi connectivity index (χ2n) is 5.95. The highest BCUT2D eigenvalue weighted by molar-refractivity contribution is 9.10. The Morgan fingerprint density at radius 2 is 1.88 bits per heavy atom. The van der Waals surface area contributed by atoms with Gasteiger partial charge >= 0.3 is 0 Å². The van der Waals surface area contributed by atoms with Crippen molar-refractivity contribution < 1.29 is 8.42 Å². The third kappa shape index (κ3) is 4.03. The van der Waals surface area contributed by atoms with Gasteiger partial charge in [0.1, 0.15) is 4.90 Å². The predicted octanol–water partition coefficient (Wildman–Crippen LogP) is 2.07. The molecule has 1 N–H and O–H groups in total. The molecule has 0 aliphatic carbocycles. The van der Waals surface area contributed by atoms with E-state index in [1.54, 1.807) is 13.2 Å². The molecule has 25 heavy (non-hydrogen) atoms. The number of anilines is 1. The zero-order chi connectivity index (χ0) is 17.9. The van der Waals surface area contributed by atoms with Gasteiger partial charge < -0.3 is 10.2 Å². The van der Waals surface area contributed by atoms with Gasteiger partial charge in [0.25, 0.3) is 0 Å². The number of nitrogens with zero attached hydrogens (tertiary/aromatic N) is 3. The van der Waals surface area contributed by atoms with Crippen molar-refractivity contribution in [3.8, 4) is 0 Å². The van der Waals surface area contributed by atoms with Gasteiger partial charge in [0.15, 0.2) is 0 Å². The van der Waals surface area contributed by atoms with Crippen molar-refractivity contribution >= 4 is 31.6 Å². The van der Waals surface area contributed by atoms with Crippen LogP contribution in [0.2, 0.25) is 0 Å². The molecule has 1 aromatic carbocycles. The smallest absolute Gasteiger partial charge is 0.246 e. The van der Waals surface area contributed by atoms with E-state index in [4.69, 9.17) is 0 Å². The van der Waals surface area contributed by atoms with E-state index in [0.29, 0.717) is 16.7 Å². The zero-order valence-electron chi connectivity index (χ0n) is 14.0. The minimum Gasteiger partial charge on any atom is -0.367 e. The summed E-state index contributed by atoms with van der Waals surface area (Å²) in [4.78, 5) is 6.43. The van der Waals surface area contributed by atoms with Crippen LogP contribution < -0.4 is 10.2 Å². The molecular weight excluding hydrogens is 404 g/mol. The standard InChI is InChI=1S/C17H21BrN4O2S/c1-21(13-14-5-3-2-4-6-14)25(23,24)16-12-20-11-15(18)17(16)22-9-7-19-8-10-22/h2-6,11-12,19H,7-10,13H2,1H3. The molecule has 0 spiro atoms. The normalized spacial score (nSPS) is 15.6. The van der Waals surface area contributed by atoms with Crippen LogP contribution in [0.15, 0.2) is 52.1 Å². The molecular formula is C17H21BrN4O2S. The van der Waals surface area contributed by atoms with Gasteiger partial charge in [-0.2, -0.15) is 4.31 Å². The van der Waals surface area contributed by atoms with Crippen molar-refractivity contribution in [1.82, 2.24) is 14.6 Å². The van der Waals surface area contributed by atoms with Crippen LogP contribution in [0.5, 0.6) is 0 Å². The van der Waals surface area contributed by atoms with E-state index < -0.39 is 10.0 Å². The molecule has 1 fully saturated rings. The molecule has 0 bridgehead atoms. The monoisotopic (exact) mass is 424 g/mol. The first-order valence-corrected chi connectivity index (χ1v) is 10.3. The maximum Gasteiger partial charge on any atom is 0.246 e. The van der Waals surface area contributed by atoms with Gasteiger partial charge in [-0.3, -0.25) is 4.98 Å². The molecule has 2 aromatic rings. The first kappa shape index (κ1) is 18.3. The molecule has 0 atom stereocenters. The quantitative estimate of drug-likeness (QED) is 0.795. The highest BCUT2D eigenvalue weighted by Gasteiger charge is 2.29.